The maximum atomic E-state index is 11.5. The summed E-state index contributed by atoms with van der Waals surface area (Å²) in [6.07, 6.45) is -0.570. The lowest BCUT2D eigenvalue weighted by Gasteiger charge is -2.14. The summed E-state index contributed by atoms with van der Waals surface area (Å²) in [5, 5.41) is 5.82. The molecule has 24 heavy (non-hydrogen) atoms. The third-order valence-electron chi connectivity index (χ3n) is 3.71. The number of ether oxygens (including phenoxy) is 1. The standard InChI is InChI=1S/C18H24N4O2/c1-5-24-18(23)22-17-15(19)6-7-16(21-17)20-10-14-12(3)8-11(2)9-13(14)4/h6-9H,5,10,19H2,1-4H3,(H2,20,21,22,23). The van der Waals surface area contributed by atoms with Crippen molar-refractivity contribution < 1.29 is 9.53 Å². The molecule has 128 valence electrons. The van der Waals surface area contributed by atoms with E-state index in [4.69, 9.17) is 10.5 Å². The molecule has 2 aromatic rings. The van der Waals surface area contributed by atoms with Crippen LogP contribution in [0.25, 0.3) is 0 Å². The molecule has 0 radical (unpaired) electrons. The summed E-state index contributed by atoms with van der Waals surface area (Å²) < 4.78 is 4.85. The molecule has 2 rings (SSSR count). The van der Waals surface area contributed by atoms with Gasteiger partial charge in [0, 0.05) is 6.54 Å². The number of aromatic nitrogens is 1. The summed E-state index contributed by atoms with van der Waals surface area (Å²) in [5.74, 6) is 0.922. The van der Waals surface area contributed by atoms with Gasteiger partial charge in [0.2, 0.25) is 0 Å². The molecule has 0 saturated heterocycles. The first-order chi connectivity index (χ1) is 11.4. The van der Waals surface area contributed by atoms with E-state index in [-0.39, 0.29) is 12.4 Å². The molecule has 0 spiro atoms. The smallest absolute Gasteiger partial charge is 0.412 e. The molecule has 1 heterocycles. The number of hydrogen-bond acceptors (Lipinski definition) is 5. The average molecular weight is 328 g/mol. The lowest BCUT2D eigenvalue weighted by atomic mass is 10.00. The van der Waals surface area contributed by atoms with E-state index < -0.39 is 6.09 Å². The molecule has 0 fully saturated rings. The van der Waals surface area contributed by atoms with Crippen molar-refractivity contribution in [2.45, 2.75) is 34.2 Å². The molecule has 6 nitrogen and oxygen atoms in total. The van der Waals surface area contributed by atoms with Gasteiger partial charge in [0.25, 0.3) is 0 Å². The van der Waals surface area contributed by atoms with Crippen LogP contribution in [0.3, 0.4) is 0 Å². The first-order valence-electron chi connectivity index (χ1n) is 7.91. The molecule has 0 atom stereocenters. The third-order valence-corrected chi connectivity index (χ3v) is 3.71. The predicted octanol–water partition coefficient (Wildman–Crippen LogP) is 3.77. The van der Waals surface area contributed by atoms with Crippen molar-refractivity contribution in [1.29, 1.82) is 0 Å². The lowest BCUT2D eigenvalue weighted by Crippen LogP contribution is -2.16. The monoisotopic (exact) mass is 328 g/mol. The molecule has 1 amide bonds. The van der Waals surface area contributed by atoms with Gasteiger partial charge in [-0.3, -0.25) is 5.32 Å². The topological polar surface area (TPSA) is 89.3 Å². The van der Waals surface area contributed by atoms with Crippen LogP contribution in [-0.2, 0) is 11.3 Å². The van der Waals surface area contributed by atoms with Crippen LogP contribution in [0.2, 0.25) is 0 Å². The Morgan fingerprint density at radius 1 is 1.21 bits per heavy atom. The van der Waals surface area contributed by atoms with E-state index in [1.54, 1.807) is 19.1 Å². The summed E-state index contributed by atoms with van der Waals surface area (Å²) in [4.78, 5) is 15.9. The van der Waals surface area contributed by atoms with Crippen LogP contribution in [0.15, 0.2) is 24.3 Å². The van der Waals surface area contributed by atoms with Crippen molar-refractivity contribution in [3.63, 3.8) is 0 Å². The van der Waals surface area contributed by atoms with E-state index in [1.807, 2.05) is 0 Å². The van der Waals surface area contributed by atoms with Crippen LogP contribution < -0.4 is 16.4 Å². The number of nitrogens with one attached hydrogen (secondary N) is 2. The second-order valence-electron chi connectivity index (χ2n) is 5.71. The zero-order valence-corrected chi connectivity index (χ0v) is 14.6. The van der Waals surface area contributed by atoms with E-state index in [0.29, 0.717) is 18.1 Å². The summed E-state index contributed by atoms with van der Waals surface area (Å²) >= 11 is 0. The fourth-order valence-electron chi connectivity index (χ4n) is 2.60. The first-order valence-corrected chi connectivity index (χ1v) is 7.91. The fourth-order valence-corrected chi connectivity index (χ4v) is 2.60. The van der Waals surface area contributed by atoms with Gasteiger partial charge in [-0.1, -0.05) is 17.7 Å². The number of benzene rings is 1. The summed E-state index contributed by atoms with van der Waals surface area (Å²) in [6, 6.07) is 7.80. The van der Waals surface area contributed by atoms with Gasteiger partial charge in [-0.2, -0.15) is 0 Å². The number of amides is 1. The van der Waals surface area contributed by atoms with Crippen molar-refractivity contribution in [2.24, 2.45) is 0 Å². The molecule has 0 bridgehead atoms. The minimum Gasteiger partial charge on any atom is -0.450 e. The van der Waals surface area contributed by atoms with E-state index in [1.165, 1.54) is 22.3 Å². The van der Waals surface area contributed by atoms with Gasteiger partial charge < -0.3 is 15.8 Å². The second-order valence-corrected chi connectivity index (χ2v) is 5.71. The van der Waals surface area contributed by atoms with Crippen molar-refractivity contribution >= 4 is 23.4 Å². The number of nitrogens with zero attached hydrogens (tertiary/aromatic N) is 1. The Morgan fingerprint density at radius 2 is 1.88 bits per heavy atom. The van der Waals surface area contributed by atoms with Crippen molar-refractivity contribution in [2.75, 3.05) is 23.0 Å². The average Bonchev–Trinajstić information content (AvgIpc) is 2.49. The molecule has 0 aliphatic rings. The van der Waals surface area contributed by atoms with Gasteiger partial charge in [0.1, 0.15) is 5.82 Å². The van der Waals surface area contributed by atoms with Crippen molar-refractivity contribution in [3.05, 3.63) is 46.5 Å². The van der Waals surface area contributed by atoms with E-state index >= 15 is 0 Å². The Balaban J connectivity index is 2.12. The van der Waals surface area contributed by atoms with Gasteiger partial charge in [0.15, 0.2) is 5.82 Å². The van der Waals surface area contributed by atoms with Gasteiger partial charge >= 0.3 is 6.09 Å². The van der Waals surface area contributed by atoms with Gasteiger partial charge in [-0.25, -0.2) is 9.78 Å². The van der Waals surface area contributed by atoms with E-state index in [9.17, 15) is 4.79 Å². The molecule has 6 heteroatoms. The summed E-state index contributed by atoms with van der Waals surface area (Å²) in [6.45, 7) is 8.96. The van der Waals surface area contributed by atoms with Gasteiger partial charge in [-0.15, -0.1) is 0 Å². The molecular formula is C18H24N4O2. The van der Waals surface area contributed by atoms with E-state index in [2.05, 4.69) is 48.5 Å². The zero-order valence-electron chi connectivity index (χ0n) is 14.6. The molecular weight excluding hydrogens is 304 g/mol. The molecule has 1 aromatic carbocycles. The number of rotatable bonds is 5. The largest absolute Gasteiger partial charge is 0.450 e. The highest BCUT2D eigenvalue weighted by molar-refractivity contribution is 5.87. The molecule has 4 N–H and O–H groups in total. The highest BCUT2D eigenvalue weighted by Gasteiger charge is 2.09. The molecule has 0 saturated carbocycles. The van der Waals surface area contributed by atoms with Crippen LogP contribution >= 0.6 is 0 Å². The molecule has 0 aliphatic carbocycles. The maximum absolute atomic E-state index is 11.5. The minimum absolute atomic E-state index is 0.287. The predicted molar refractivity (Wildman–Crippen MR) is 97.3 cm³/mol. The van der Waals surface area contributed by atoms with Crippen molar-refractivity contribution in [3.8, 4) is 0 Å². The van der Waals surface area contributed by atoms with Crippen LogP contribution in [0.5, 0.6) is 0 Å². The quantitative estimate of drug-likeness (QED) is 0.777. The highest BCUT2D eigenvalue weighted by atomic mass is 16.5. The Hall–Kier alpha value is -2.76. The van der Waals surface area contributed by atoms with E-state index in [0.717, 1.165) is 0 Å². The Morgan fingerprint density at radius 3 is 2.50 bits per heavy atom. The van der Waals surface area contributed by atoms with Crippen LogP contribution in [-0.4, -0.2) is 17.7 Å². The Labute approximate surface area is 142 Å². The Kier molecular flexibility index (Phi) is 5.63. The van der Waals surface area contributed by atoms with Crippen LogP contribution in [0.1, 0.15) is 29.2 Å². The normalized spacial score (nSPS) is 10.3. The SMILES string of the molecule is CCOC(=O)Nc1nc(NCc2c(C)cc(C)cc2C)ccc1N. The van der Waals surface area contributed by atoms with Crippen molar-refractivity contribution in [1.82, 2.24) is 4.98 Å². The number of nitrogens with two attached hydrogens (primary N) is 1. The minimum atomic E-state index is -0.570. The number of carbonyl (C=O) groups excluding carboxylic acids is 1. The summed E-state index contributed by atoms with van der Waals surface area (Å²) in [7, 11) is 0. The number of anilines is 3. The second kappa shape index (κ2) is 7.68. The first kappa shape index (κ1) is 17.6. The van der Waals surface area contributed by atoms with Gasteiger partial charge in [0.05, 0.1) is 12.3 Å². The zero-order chi connectivity index (χ0) is 17.7. The Bertz CT molecular complexity index is 721. The third kappa shape index (κ3) is 4.38. The maximum Gasteiger partial charge on any atom is 0.412 e. The van der Waals surface area contributed by atoms with Crippen LogP contribution in [0, 0.1) is 20.8 Å². The number of carbonyl (C=O) groups is 1. The number of nitrogen functional groups attached to an aromatic ring is 1. The van der Waals surface area contributed by atoms with Crippen LogP contribution in [0.4, 0.5) is 22.1 Å². The fraction of sp³-hybridized carbons (Fsp3) is 0.333. The molecule has 0 unspecified atom stereocenters. The summed E-state index contributed by atoms with van der Waals surface area (Å²) in [5.41, 5.74) is 11.2. The molecule has 1 aromatic heterocycles. The van der Waals surface area contributed by atoms with Gasteiger partial charge in [-0.05, 0) is 56.5 Å². The number of hydrogen-bond donors (Lipinski definition) is 3. The number of pyridine rings is 1. The lowest BCUT2D eigenvalue weighted by molar-refractivity contribution is 0.168. The number of aryl methyl sites for hydroxylation is 3. The molecule has 0 aliphatic heterocycles. The highest BCUT2D eigenvalue weighted by Crippen LogP contribution is 2.21.